The molecule has 0 bridgehead atoms. The van der Waals surface area contributed by atoms with E-state index in [1.54, 1.807) is 32.2 Å². The first kappa shape index (κ1) is 22.0. The van der Waals surface area contributed by atoms with Crippen molar-refractivity contribution < 1.29 is 19.1 Å². The Labute approximate surface area is 186 Å². The van der Waals surface area contributed by atoms with E-state index in [9.17, 15) is 19.1 Å². The van der Waals surface area contributed by atoms with Gasteiger partial charge in [0.15, 0.2) is 0 Å². The second-order valence-electron chi connectivity index (χ2n) is 9.12. The summed E-state index contributed by atoms with van der Waals surface area (Å²) in [4.78, 5) is 30.7. The van der Waals surface area contributed by atoms with Gasteiger partial charge in [0.25, 0.3) is 0 Å². The molecule has 0 saturated heterocycles. The van der Waals surface area contributed by atoms with Gasteiger partial charge in [-0.1, -0.05) is 12.1 Å². The highest BCUT2D eigenvalue weighted by Gasteiger charge is 2.29. The molecule has 4 rings (SSSR count). The van der Waals surface area contributed by atoms with Gasteiger partial charge in [0.05, 0.1) is 12.0 Å². The molecule has 1 aliphatic heterocycles. The smallest absolute Gasteiger partial charge is 0.309 e. The fourth-order valence-corrected chi connectivity index (χ4v) is 4.36. The molecule has 1 N–H and O–H groups in total. The van der Waals surface area contributed by atoms with E-state index in [2.05, 4.69) is 15.6 Å². The zero-order valence-corrected chi connectivity index (χ0v) is 18.5. The summed E-state index contributed by atoms with van der Waals surface area (Å²) in [7, 11) is 0. The summed E-state index contributed by atoms with van der Waals surface area (Å²) >= 11 is 0. The number of benzene rings is 1. The average Bonchev–Trinajstić information content (AvgIpc) is 3.08. The predicted molar refractivity (Wildman–Crippen MR) is 120 cm³/mol. The molecule has 0 aliphatic carbocycles. The molecule has 0 fully saturated rings. The summed E-state index contributed by atoms with van der Waals surface area (Å²) in [6.07, 6.45) is 3.86. The first-order valence-corrected chi connectivity index (χ1v) is 11.0. The number of rotatable bonds is 7. The van der Waals surface area contributed by atoms with Gasteiger partial charge in [0.2, 0.25) is 5.91 Å². The molecular formula is C25H28FN3O3. The summed E-state index contributed by atoms with van der Waals surface area (Å²) in [5.41, 5.74) is 3.29. The Kier molecular flexibility index (Phi) is 6.00. The Bertz CT molecular complexity index is 1150. The number of carboxylic acids is 1. The number of carbonyl (C=O) groups excluding carboxylic acids is 1. The average molecular weight is 438 g/mol. The number of halogens is 1. The first-order chi connectivity index (χ1) is 15.3. The maximum Gasteiger partial charge on any atom is 0.309 e. The number of aliphatic carboxylic acids is 1. The fraction of sp³-hybridized carbons (Fsp3) is 0.400. The molecule has 3 heterocycles. The lowest BCUT2D eigenvalue weighted by Crippen LogP contribution is -2.36. The Morgan fingerprint density at radius 1 is 1.19 bits per heavy atom. The van der Waals surface area contributed by atoms with Gasteiger partial charge < -0.3 is 14.6 Å². The zero-order chi connectivity index (χ0) is 22.9. The van der Waals surface area contributed by atoms with Crippen molar-refractivity contribution in [3.8, 4) is 0 Å². The van der Waals surface area contributed by atoms with E-state index in [0.717, 1.165) is 28.7 Å². The molecule has 0 saturated carbocycles. The van der Waals surface area contributed by atoms with Gasteiger partial charge in [0, 0.05) is 36.8 Å². The van der Waals surface area contributed by atoms with Gasteiger partial charge in [-0.05, 0) is 68.5 Å². The Morgan fingerprint density at radius 3 is 2.66 bits per heavy atom. The molecule has 6 nitrogen and oxygen atoms in total. The summed E-state index contributed by atoms with van der Waals surface area (Å²) < 4.78 is 15.5. The van der Waals surface area contributed by atoms with E-state index in [0.29, 0.717) is 38.9 Å². The maximum atomic E-state index is 13.4. The number of nitrogens with zero attached hydrogens (tertiary/aromatic N) is 3. The molecule has 1 amide bonds. The number of hydrogen-bond donors (Lipinski definition) is 1. The summed E-state index contributed by atoms with van der Waals surface area (Å²) in [5, 5.41) is 10.4. The lowest BCUT2D eigenvalue weighted by Gasteiger charge is -2.29. The highest BCUT2D eigenvalue weighted by Crippen LogP contribution is 2.31. The van der Waals surface area contributed by atoms with Crippen LogP contribution in [-0.4, -0.2) is 38.0 Å². The SMILES string of the molecule is CC(C)(CCCC(=O)N1CCc2c(n(Cc3ccc(F)cc3)c3ncccc23)C1)C(=O)O. The van der Waals surface area contributed by atoms with E-state index in [-0.39, 0.29) is 11.7 Å². The van der Waals surface area contributed by atoms with E-state index in [1.165, 1.54) is 17.7 Å². The third kappa shape index (κ3) is 4.38. The monoisotopic (exact) mass is 437 g/mol. The minimum absolute atomic E-state index is 0.0448. The van der Waals surface area contributed by atoms with Crippen LogP contribution in [-0.2, 0) is 29.1 Å². The van der Waals surface area contributed by atoms with Crippen molar-refractivity contribution in [2.75, 3.05) is 6.54 Å². The largest absolute Gasteiger partial charge is 0.481 e. The summed E-state index contributed by atoms with van der Waals surface area (Å²) in [6, 6.07) is 10.4. The van der Waals surface area contributed by atoms with Crippen molar-refractivity contribution >= 4 is 22.9 Å². The molecule has 1 aliphatic rings. The minimum Gasteiger partial charge on any atom is -0.481 e. The third-order valence-corrected chi connectivity index (χ3v) is 6.39. The van der Waals surface area contributed by atoms with Crippen molar-refractivity contribution in [3.63, 3.8) is 0 Å². The molecule has 0 spiro atoms. The Morgan fingerprint density at radius 2 is 1.94 bits per heavy atom. The summed E-state index contributed by atoms with van der Waals surface area (Å²) in [6.45, 7) is 5.06. The molecule has 1 aromatic carbocycles. The Hall–Kier alpha value is -3.22. The van der Waals surface area contributed by atoms with Crippen molar-refractivity contribution in [1.82, 2.24) is 14.5 Å². The topological polar surface area (TPSA) is 75.4 Å². The quantitative estimate of drug-likeness (QED) is 0.595. The molecular weight excluding hydrogens is 409 g/mol. The number of amides is 1. The molecule has 168 valence electrons. The highest BCUT2D eigenvalue weighted by atomic mass is 19.1. The molecule has 0 unspecified atom stereocenters. The van der Waals surface area contributed by atoms with Crippen LogP contribution in [0.3, 0.4) is 0 Å². The van der Waals surface area contributed by atoms with Crippen LogP contribution in [0.5, 0.6) is 0 Å². The van der Waals surface area contributed by atoms with Crippen LogP contribution in [0.15, 0.2) is 42.6 Å². The lowest BCUT2D eigenvalue weighted by atomic mass is 9.87. The van der Waals surface area contributed by atoms with E-state index in [1.807, 2.05) is 11.0 Å². The van der Waals surface area contributed by atoms with Gasteiger partial charge >= 0.3 is 5.97 Å². The highest BCUT2D eigenvalue weighted by molar-refractivity contribution is 5.84. The van der Waals surface area contributed by atoms with Crippen LogP contribution in [0.25, 0.3) is 11.0 Å². The number of carboxylic acid groups (broad SMARTS) is 1. The normalized spacial score (nSPS) is 13.9. The lowest BCUT2D eigenvalue weighted by molar-refractivity contribution is -0.147. The number of carbonyl (C=O) groups is 2. The van der Waals surface area contributed by atoms with Gasteiger partial charge in [-0.2, -0.15) is 0 Å². The minimum atomic E-state index is -0.842. The molecule has 2 aromatic heterocycles. The second-order valence-corrected chi connectivity index (χ2v) is 9.12. The van der Waals surface area contributed by atoms with Crippen LogP contribution in [0.2, 0.25) is 0 Å². The van der Waals surface area contributed by atoms with E-state index in [4.69, 9.17) is 0 Å². The molecule has 0 atom stereocenters. The van der Waals surface area contributed by atoms with Crippen molar-refractivity contribution in [1.29, 1.82) is 0 Å². The van der Waals surface area contributed by atoms with Crippen molar-refractivity contribution in [3.05, 3.63) is 65.2 Å². The van der Waals surface area contributed by atoms with Crippen LogP contribution < -0.4 is 0 Å². The van der Waals surface area contributed by atoms with Crippen LogP contribution in [0, 0.1) is 11.2 Å². The molecule has 0 radical (unpaired) electrons. The maximum absolute atomic E-state index is 13.4. The second kappa shape index (κ2) is 8.73. The number of aromatic nitrogens is 2. The number of pyridine rings is 1. The molecule has 7 heteroatoms. The van der Waals surface area contributed by atoms with Crippen molar-refractivity contribution in [2.45, 2.75) is 52.6 Å². The van der Waals surface area contributed by atoms with Crippen LogP contribution in [0.4, 0.5) is 4.39 Å². The number of hydrogen-bond acceptors (Lipinski definition) is 3. The number of fused-ring (bicyclic) bond motifs is 3. The third-order valence-electron chi connectivity index (χ3n) is 6.39. The fourth-order valence-electron chi connectivity index (χ4n) is 4.36. The zero-order valence-electron chi connectivity index (χ0n) is 18.5. The summed E-state index contributed by atoms with van der Waals surface area (Å²) in [5.74, 6) is -1.07. The van der Waals surface area contributed by atoms with Gasteiger partial charge in [-0.3, -0.25) is 9.59 Å². The van der Waals surface area contributed by atoms with Crippen LogP contribution in [0.1, 0.15) is 49.9 Å². The van der Waals surface area contributed by atoms with E-state index < -0.39 is 11.4 Å². The molecule has 32 heavy (non-hydrogen) atoms. The standard InChI is InChI=1S/C25H28FN3O3/c1-25(2,24(31)32)12-3-6-22(30)28-14-11-19-20-5-4-13-27-23(20)29(21(19)16-28)15-17-7-9-18(26)10-8-17/h4-5,7-10,13H,3,6,11-12,14-16H2,1-2H3,(H,31,32). The predicted octanol–water partition coefficient (Wildman–Crippen LogP) is 4.39. The van der Waals surface area contributed by atoms with E-state index >= 15 is 0 Å². The van der Waals surface area contributed by atoms with Crippen molar-refractivity contribution in [2.24, 2.45) is 5.41 Å². The molecule has 3 aromatic rings. The van der Waals surface area contributed by atoms with Crippen LogP contribution >= 0.6 is 0 Å². The van der Waals surface area contributed by atoms with Gasteiger partial charge in [0.1, 0.15) is 11.5 Å². The Balaban J connectivity index is 1.55. The van der Waals surface area contributed by atoms with Gasteiger partial charge in [-0.15, -0.1) is 0 Å². The first-order valence-electron chi connectivity index (χ1n) is 11.0. The van der Waals surface area contributed by atoms with Gasteiger partial charge in [-0.25, -0.2) is 9.37 Å².